The number of nitrogens with one attached hydrogen (secondary N) is 1. The highest BCUT2D eigenvalue weighted by molar-refractivity contribution is 7.80. The summed E-state index contributed by atoms with van der Waals surface area (Å²) < 4.78 is 0. The fourth-order valence-corrected chi connectivity index (χ4v) is 2.99. The first kappa shape index (κ1) is 13.1. The molecule has 0 saturated carbocycles. The molecule has 0 radical (unpaired) electrons. The van der Waals surface area contributed by atoms with Crippen molar-refractivity contribution in [1.29, 1.82) is 0 Å². The Bertz CT molecular complexity index is 664. The minimum atomic E-state index is 0.780. The Balaban J connectivity index is 1.81. The molecule has 2 aromatic rings. The number of hydrogen-bond acceptors (Lipinski definition) is 1. The molecule has 0 unspecified atom stereocenters. The molecule has 2 nitrogen and oxygen atoms in total. The van der Waals surface area contributed by atoms with Gasteiger partial charge in [0.05, 0.1) is 0 Å². The van der Waals surface area contributed by atoms with E-state index in [2.05, 4.69) is 66.5 Å². The first-order valence-electron chi connectivity index (χ1n) is 6.89. The van der Waals surface area contributed by atoms with Crippen LogP contribution in [-0.4, -0.2) is 11.7 Å². The van der Waals surface area contributed by atoms with E-state index in [1.807, 2.05) is 0 Å². The minimum absolute atomic E-state index is 0.780. The largest absolute Gasteiger partial charge is 0.332 e. The van der Waals surface area contributed by atoms with E-state index in [0.717, 1.165) is 23.8 Å². The van der Waals surface area contributed by atoms with Crippen molar-refractivity contribution in [3.63, 3.8) is 0 Å². The van der Waals surface area contributed by atoms with Gasteiger partial charge in [-0.3, -0.25) is 0 Å². The van der Waals surface area contributed by atoms with Crippen LogP contribution in [0.1, 0.15) is 16.7 Å². The molecule has 1 N–H and O–H groups in total. The van der Waals surface area contributed by atoms with Gasteiger partial charge < -0.3 is 10.2 Å². The molecule has 0 spiro atoms. The lowest BCUT2D eigenvalue weighted by Crippen LogP contribution is -2.33. The zero-order valence-electron chi connectivity index (χ0n) is 11.8. The Hall–Kier alpha value is -1.87. The van der Waals surface area contributed by atoms with Crippen LogP contribution in [0.4, 0.5) is 11.4 Å². The highest BCUT2D eigenvalue weighted by Gasteiger charge is 2.21. The molecular formula is C17H18N2S. The highest BCUT2D eigenvalue weighted by atomic mass is 32.1. The van der Waals surface area contributed by atoms with Crippen molar-refractivity contribution in [3.8, 4) is 0 Å². The van der Waals surface area contributed by atoms with Crippen LogP contribution in [0.5, 0.6) is 0 Å². The van der Waals surface area contributed by atoms with E-state index in [9.17, 15) is 0 Å². The van der Waals surface area contributed by atoms with Gasteiger partial charge in [0, 0.05) is 17.9 Å². The van der Waals surface area contributed by atoms with E-state index in [1.54, 1.807) is 0 Å². The molecule has 0 aromatic heterocycles. The van der Waals surface area contributed by atoms with Crippen molar-refractivity contribution in [3.05, 3.63) is 59.2 Å². The maximum Gasteiger partial charge on any atom is 0.177 e. The predicted molar refractivity (Wildman–Crippen MR) is 89.6 cm³/mol. The molecule has 0 saturated heterocycles. The third kappa shape index (κ3) is 2.41. The summed E-state index contributed by atoms with van der Waals surface area (Å²) in [5.74, 6) is 0. The molecule has 0 amide bonds. The Morgan fingerprint density at radius 3 is 2.75 bits per heavy atom. The van der Waals surface area contributed by atoms with Crippen LogP contribution >= 0.6 is 12.2 Å². The zero-order valence-corrected chi connectivity index (χ0v) is 12.6. The van der Waals surface area contributed by atoms with Crippen LogP contribution < -0.4 is 10.2 Å². The molecule has 0 aliphatic carbocycles. The van der Waals surface area contributed by atoms with E-state index >= 15 is 0 Å². The average molecular weight is 282 g/mol. The van der Waals surface area contributed by atoms with Gasteiger partial charge in [0.25, 0.3) is 0 Å². The lowest BCUT2D eigenvalue weighted by molar-refractivity contribution is 1.03. The quantitative estimate of drug-likeness (QED) is 0.794. The first-order chi connectivity index (χ1) is 9.65. The smallest absolute Gasteiger partial charge is 0.177 e. The molecule has 1 heterocycles. The van der Waals surface area contributed by atoms with Crippen molar-refractivity contribution < 1.29 is 0 Å². The van der Waals surface area contributed by atoms with Crippen LogP contribution in [-0.2, 0) is 6.42 Å². The lowest BCUT2D eigenvalue weighted by atomic mass is 10.1. The van der Waals surface area contributed by atoms with Gasteiger partial charge >= 0.3 is 0 Å². The fraction of sp³-hybridized carbons (Fsp3) is 0.235. The van der Waals surface area contributed by atoms with Crippen molar-refractivity contribution in [2.75, 3.05) is 16.8 Å². The van der Waals surface area contributed by atoms with E-state index in [1.165, 1.54) is 22.4 Å². The van der Waals surface area contributed by atoms with Crippen molar-refractivity contribution >= 4 is 28.7 Å². The van der Waals surface area contributed by atoms with Crippen LogP contribution in [0.3, 0.4) is 0 Å². The number of thiocarbonyl (C=S) groups is 1. The van der Waals surface area contributed by atoms with E-state index in [-0.39, 0.29) is 0 Å². The van der Waals surface area contributed by atoms with Gasteiger partial charge in [-0.05, 0) is 55.7 Å². The summed E-state index contributed by atoms with van der Waals surface area (Å²) in [6.07, 6.45) is 1.06. The highest BCUT2D eigenvalue weighted by Crippen LogP contribution is 2.28. The third-order valence-electron chi connectivity index (χ3n) is 3.76. The Labute approximate surface area is 125 Å². The molecule has 0 bridgehead atoms. The van der Waals surface area contributed by atoms with E-state index < -0.39 is 0 Å². The molecule has 1 aliphatic heterocycles. The van der Waals surface area contributed by atoms with E-state index in [0.29, 0.717) is 0 Å². The fourth-order valence-electron chi connectivity index (χ4n) is 2.69. The van der Waals surface area contributed by atoms with Gasteiger partial charge in [-0.15, -0.1) is 0 Å². The summed E-state index contributed by atoms with van der Waals surface area (Å²) in [4.78, 5) is 2.18. The molecule has 0 atom stereocenters. The summed E-state index contributed by atoms with van der Waals surface area (Å²) in [7, 11) is 0. The number of nitrogens with zero attached hydrogens (tertiary/aromatic N) is 1. The Morgan fingerprint density at radius 1 is 1.15 bits per heavy atom. The summed E-state index contributed by atoms with van der Waals surface area (Å²) in [6, 6.07) is 14.8. The first-order valence-corrected chi connectivity index (χ1v) is 7.29. The van der Waals surface area contributed by atoms with Crippen molar-refractivity contribution in [1.82, 2.24) is 0 Å². The Morgan fingerprint density at radius 2 is 1.95 bits per heavy atom. The maximum absolute atomic E-state index is 5.58. The van der Waals surface area contributed by atoms with Crippen molar-refractivity contribution in [2.45, 2.75) is 20.3 Å². The van der Waals surface area contributed by atoms with Gasteiger partial charge in [0.2, 0.25) is 0 Å². The summed E-state index contributed by atoms with van der Waals surface area (Å²) >= 11 is 5.58. The average Bonchev–Trinajstić information content (AvgIpc) is 2.86. The number of aryl methyl sites for hydroxylation is 2. The van der Waals surface area contributed by atoms with E-state index in [4.69, 9.17) is 12.2 Å². The molecule has 0 fully saturated rings. The standard InChI is InChI=1S/C17H18N2S/c1-12-7-8-15(13(2)11-12)18-17(20)19-10-9-14-5-3-4-6-16(14)19/h3-8,11H,9-10H2,1-2H3,(H,18,20). The van der Waals surface area contributed by atoms with Crippen LogP contribution in [0.2, 0.25) is 0 Å². The van der Waals surface area contributed by atoms with Crippen molar-refractivity contribution in [2.24, 2.45) is 0 Å². The second kappa shape index (κ2) is 5.25. The number of para-hydroxylation sites is 1. The number of anilines is 2. The SMILES string of the molecule is Cc1ccc(NC(=S)N2CCc3ccccc32)c(C)c1. The molecule has 20 heavy (non-hydrogen) atoms. The normalized spacial score (nSPS) is 13.2. The van der Waals surface area contributed by atoms with Crippen LogP contribution in [0.15, 0.2) is 42.5 Å². The summed E-state index contributed by atoms with van der Waals surface area (Å²) in [6.45, 7) is 5.16. The molecular weight excluding hydrogens is 264 g/mol. The van der Waals surface area contributed by atoms with Crippen LogP contribution in [0, 0.1) is 13.8 Å². The minimum Gasteiger partial charge on any atom is -0.332 e. The zero-order chi connectivity index (χ0) is 14.1. The molecule has 1 aliphatic rings. The lowest BCUT2D eigenvalue weighted by Gasteiger charge is -2.22. The molecule has 102 valence electrons. The number of benzene rings is 2. The second-order valence-corrected chi connectivity index (χ2v) is 5.67. The molecule has 2 aromatic carbocycles. The number of rotatable bonds is 1. The third-order valence-corrected chi connectivity index (χ3v) is 4.08. The second-order valence-electron chi connectivity index (χ2n) is 5.28. The Kier molecular flexibility index (Phi) is 3.45. The van der Waals surface area contributed by atoms with Gasteiger partial charge in [0.1, 0.15) is 0 Å². The molecule has 3 heteroatoms. The van der Waals surface area contributed by atoms with Gasteiger partial charge in [-0.2, -0.15) is 0 Å². The van der Waals surface area contributed by atoms with Gasteiger partial charge in [-0.1, -0.05) is 35.9 Å². The van der Waals surface area contributed by atoms with Crippen LogP contribution in [0.25, 0.3) is 0 Å². The number of hydrogen-bond donors (Lipinski definition) is 1. The topological polar surface area (TPSA) is 15.3 Å². The van der Waals surface area contributed by atoms with Gasteiger partial charge in [-0.25, -0.2) is 0 Å². The monoisotopic (exact) mass is 282 g/mol. The number of fused-ring (bicyclic) bond motifs is 1. The predicted octanol–water partition coefficient (Wildman–Crippen LogP) is 4.06. The summed E-state index contributed by atoms with van der Waals surface area (Å²) in [5, 5.41) is 4.16. The molecule has 3 rings (SSSR count). The maximum atomic E-state index is 5.58. The summed E-state index contributed by atoms with van der Waals surface area (Å²) in [5.41, 5.74) is 6.18. The van der Waals surface area contributed by atoms with Gasteiger partial charge in [0.15, 0.2) is 5.11 Å².